The Labute approximate surface area is 112 Å². The smallest absolute Gasteiger partial charge is 0.270 e. The van der Waals surface area contributed by atoms with Gasteiger partial charge in [-0.2, -0.15) is 11.8 Å². The van der Waals surface area contributed by atoms with Gasteiger partial charge in [0.1, 0.15) is 5.69 Å². The molecule has 1 aliphatic rings. The van der Waals surface area contributed by atoms with Crippen molar-refractivity contribution in [1.29, 1.82) is 0 Å². The Morgan fingerprint density at radius 3 is 2.83 bits per heavy atom. The zero-order valence-electron chi connectivity index (χ0n) is 10.8. The predicted octanol–water partition coefficient (Wildman–Crippen LogP) is 2.14. The molecule has 1 aromatic rings. The van der Waals surface area contributed by atoms with Crippen LogP contribution < -0.4 is 10.6 Å². The van der Waals surface area contributed by atoms with E-state index in [1.165, 1.54) is 6.42 Å². The van der Waals surface area contributed by atoms with Crippen LogP contribution in [0, 0.1) is 0 Å². The standard InChI is InChI=1S/C13H19N3OS/c1-14-10-4-6-12(15-8-10)13(17)16-9-3-5-11(7-9)18-2/h4,6,8-9,11,14H,3,5,7H2,1-2H3,(H,16,17). The van der Waals surface area contributed by atoms with E-state index < -0.39 is 0 Å². The normalized spacial score (nSPS) is 22.8. The number of anilines is 1. The van der Waals surface area contributed by atoms with Crippen molar-refractivity contribution in [2.24, 2.45) is 0 Å². The fourth-order valence-electron chi connectivity index (χ4n) is 2.22. The van der Waals surface area contributed by atoms with Crippen LogP contribution >= 0.6 is 11.8 Å². The molecule has 0 spiro atoms. The number of aromatic nitrogens is 1. The second kappa shape index (κ2) is 6.09. The van der Waals surface area contributed by atoms with Gasteiger partial charge in [-0.3, -0.25) is 4.79 Å². The molecule has 0 aliphatic heterocycles. The van der Waals surface area contributed by atoms with Gasteiger partial charge in [0.05, 0.1) is 11.9 Å². The highest BCUT2D eigenvalue weighted by atomic mass is 32.2. The second-order valence-corrected chi connectivity index (χ2v) is 5.66. The van der Waals surface area contributed by atoms with Crippen molar-refractivity contribution in [1.82, 2.24) is 10.3 Å². The first-order chi connectivity index (χ1) is 8.72. The molecule has 0 aromatic carbocycles. The van der Waals surface area contributed by atoms with E-state index in [0.29, 0.717) is 17.0 Å². The Morgan fingerprint density at radius 1 is 1.44 bits per heavy atom. The number of nitrogens with zero attached hydrogens (tertiary/aromatic N) is 1. The summed E-state index contributed by atoms with van der Waals surface area (Å²) in [6, 6.07) is 3.92. The molecule has 2 rings (SSSR count). The molecule has 0 saturated heterocycles. The van der Waals surface area contributed by atoms with Crippen molar-refractivity contribution < 1.29 is 4.79 Å². The Balaban J connectivity index is 1.91. The molecule has 4 nitrogen and oxygen atoms in total. The Hall–Kier alpha value is -1.23. The van der Waals surface area contributed by atoms with E-state index in [1.54, 1.807) is 12.3 Å². The van der Waals surface area contributed by atoms with Crippen LogP contribution in [0.5, 0.6) is 0 Å². The summed E-state index contributed by atoms with van der Waals surface area (Å²) in [5.41, 5.74) is 1.40. The minimum Gasteiger partial charge on any atom is -0.387 e. The first kappa shape index (κ1) is 13.2. The summed E-state index contributed by atoms with van der Waals surface area (Å²) < 4.78 is 0. The predicted molar refractivity (Wildman–Crippen MR) is 76.2 cm³/mol. The van der Waals surface area contributed by atoms with Crippen molar-refractivity contribution >= 4 is 23.4 Å². The molecule has 0 radical (unpaired) electrons. The van der Waals surface area contributed by atoms with Crippen molar-refractivity contribution in [3.8, 4) is 0 Å². The fraction of sp³-hybridized carbons (Fsp3) is 0.538. The highest BCUT2D eigenvalue weighted by Gasteiger charge is 2.25. The van der Waals surface area contributed by atoms with Crippen LogP contribution in [0.15, 0.2) is 18.3 Å². The average molecular weight is 265 g/mol. The lowest BCUT2D eigenvalue weighted by Gasteiger charge is -2.12. The minimum atomic E-state index is -0.0654. The molecule has 1 aromatic heterocycles. The van der Waals surface area contributed by atoms with Gasteiger partial charge in [-0.15, -0.1) is 0 Å². The summed E-state index contributed by atoms with van der Waals surface area (Å²) in [7, 11) is 1.83. The number of nitrogens with one attached hydrogen (secondary N) is 2. The van der Waals surface area contributed by atoms with Crippen LogP contribution in [0.3, 0.4) is 0 Å². The Bertz CT molecular complexity index is 407. The number of rotatable bonds is 4. The zero-order valence-corrected chi connectivity index (χ0v) is 11.6. The number of amides is 1. The van der Waals surface area contributed by atoms with Crippen LogP contribution in [0.25, 0.3) is 0 Å². The van der Waals surface area contributed by atoms with Crippen LogP contribution in [0.1, 0.15) is 29.8 Å². The lowest BCUT2D eigenvalue weighted by molar-refractivity contribution is 0.0933. The van der Waals surface area contributed by atoms with Gasteiger partial charge in [0.25, 0.3) is 5.91 Å². The monoisotopic (exact) mass is 265 g/mol. The molecular weight excluding hydrogens is 246 g/mol. The number of carbonyl (C=O) groups excluding carboxylic acids is 1. The molecule has 2 atom stereocenters. The number of thioether (sulfide) groups is 1. The van der Waals surface area contributed by atoms with Gasteiger partial charge >= 0.3 is 0 Å². The molecule has 1 amide bonds. The quantitative estimate of drug-likeness (QED) is 0.876. The molecule has 18 heavy (non-hydrogen) atoms. The van der Waals surface area contributed by atoms with Crippen LogP contribution in [0.2, 0.25) is 0 Å². The lowest BCUT2D eigenvalue weighted by Crippen LogP contribution is -2.33. The topological polar surface area (TPSA) is 54.0 Å². The van der Waals surface area contributed by atoms with Gasteiger partial charge in [-0.25, -0.2) is 4.98 Å². The number of pyridine rings is 1. The molecule has 0 bridgehead atoms. The van der Waals surface area contributed by atoms with Crippen molar-refractivity contribution in [3.63, 3.8) is 0 Å². The molecule has 1 saturated carbocycles. The number of hydrogen-bond donors (Lipinski definition) is 2. The van der Waals surface area contributed by atoms with Gasteiger partial charge in [-0.05, 0) is 37.7 Å². The van der Waals surface area contributed by atoms with Gasteiger partial charge < -0.3 is 10.6 Å². The Kier molecular flexibility index (Phi) is 4.47. The molecule has 1 heterocycles. The van der Waals surface area contributed by atoms with Crippen LogP contribution in [-0.4, -0.2) is 35.5 Å². The van der Waals surface area contributed by atoms with E-state index in [4.69, 9.17) is 0 Å². The van der Waals surface area contributed by atoms with Gasteiger partial charge in [-0.1, -0.05) is 0 Å². The average Bonchev–Trinajstić information content (AvgIpc) is 2.86. The third-order valence-electron chi connectivity index (χ3n) is 3.34. The summed E-state index contributed by atoms with van der Waals surface area (Å²) in [5, 5.41) is 6.73. The fourth-order valence-corrected chi connectivity index (χ4v) is 3.02. The summed E-state index contributed by atoms with van der Waals surface area (Å²) in [6.07, 6.45) is 7.15. The first-order valence-electron chi connectivity index (χ1n) is 6.20. The summed E-state index contributed by atoms with van der Waals surface area (Å²) >= 11 is 1.89. The largest absolute Gasteiger partial charge is 0.387 e. The maximum absolute atomic E-state index is 12.0. The molecule has 1 fully saturated rings. The van der Waals surface area contributed by atoms with E-state index in [2.05, 4.69) is 21.9 Å². The molecular formula is C13H19N3OS. The molecule has 2 N–H and O–H groups in total. The van der Waals surface area contributed by atoms with Crippen LogP contribution in [-0.2, 0) is 0 Å². The zero-order chi connectivity index (χ0) is 13.0. The highest BCUT2D eigenvalue weighted by molar-refractivity contribution is 7.99. The van der Waals surface area contributed by atoms with E-state index in [0.717, 1.165) is 18.5 Å². The third-order valence-corrected chi connectivity index (χ3v) is 4.43. The van der Waals surface area contributed by atoms with E-state index >= 15 is 0 Å². The SMILES string of the molecule is CNc1ccc(C(=O)NC2CCC(SC)C2)nc1. The highest BCUT2D eigenvalue weighted by Crippen LogP contribution is 2.28. The first-order valence-corrected chi connectivity index (χ1v) is 7.49. The summed E-state index contributed by atoms with van der Waals surface area (Å²) in [4.78, 5) is 16.1. The Morgan fingerprint density at radius 2 is 2.28 bits per heavy atom. The molecule has 98 valence electrons. The lowest BCUT2D eigenvalue weighted by atomic mass is 10.2. The van der Waals surface area contributed by atoms with E-state index in [-0.39, 0.29) is 5.91 Å². The molecule has 5 heteroatoms. The van der Waals surface area contributed by atoms with E-state index in [9.17, 15) is 4.79 Å². The van der Waals surface area contributed by atoms with Crippen molar-refractivity contribution in [2.45, 2.75) is 30.6 Å². The van der Waals surface area contributed by atoms with Crippen molar-refractivity contribution in [3.05, 3.63) is 24.0 Å². The molecule has 2 unspecified atom stereocenters. The number of carbonyl (C=O) groups is 1. The second-order valence-electron chi connectivity index (χ2n) is 4.52. The maximum atomic E-state index is 12.0. The molecule has 1 aliphatic carbocycles. The van der Waals surface area contributed by atoms with Gasteiger partial charge in [0.2, 0.25) is 0 Å². The van der Waals surface area contributed by atoms with E-state index in [1.807, 2.05) is 24.9 Å². The van der Waals surface area contributed by atoms with Gasteiger partial charge in [0.15, 0.2) is 0 Å². The third kappa shape index (κ3) is 3.16. The van der Waals surface area contributed by atoms with Crippen LogP contribution in [0.4, 0.5) is 5.69 Å². The minimum absolute atomic E-state index is 0.0654. The van der Waals surface area contributed by atoms with Gasteiger partial charge in [0, 0.05) is 18.3 Å². The summed E-state index contributed by atoms with van der Waals surface area (Å²) in [6.45, 7) is 0. The maximum Gasteiger partial charge on any atom is 0.270 e. The number of hydrogen-bond acceptors (Lipinski definition) is 4. The van der Waals surface area contributed by atoms with Crippen molar-refractivity contribution in [2.75, 3.05) is 18.6 Å². The summed E-state index contributed by atoms with van der Waals surface area (Å²) in [5.74, 6) is -0.0654.